The average molecular weight is 338 g/mol. The van der Waals surface area contributed by atoms with Gasteiger partial charge in [-0.05, 0) is 31.2 Å². The van der Waals surface area contributed by atoms with Gasteiger partial charge in [0.2, 0.25) is 5.91 Å². The van der Waals surface area contributed by atoms with Crippen LogP contribution in [0.4, 0.5) is 4.39 Å². The SMILES string of the molecule is CC(O)(CNC(=O)Cc1nc(-c2ccc(F)cc2)cs1)C(=O)O. The van der Waals surface area contributed by atoms with E-state index >= 15 is 0 Å². The van der Waals surface area contributed by atoms with Gasteiger partial charge in [-0.15, -0.1) is 11.3 Å². The van der Waals surface area contributed by atoms with Crippen LogP contribution in [0.2, 0.25) is 0 Å². The largest absolute Gasteiger partial charge is 0.479 e. The summed E-state index contributed by atoms with van der Waals surface area (Å²) >= 11 is 1.27. The van der Waals surface area contributed by atoms with Crippen molar-refractivity contribution < 1.29 is 24.2 Å². The molecule has 8 heteroatoms. The van der Waals surface area contributed by atoms with Crippen molar-refractivity contribution in [1.82, 2.24) is 10.3 Å². The molecule has 122 valence electrons. The zero-order valence-electron chi connectivity index (χ0n) is 12.2. The van der Waals surface area contributed by atoms with Gasteiger partial charge in [-0.3, -0.25) is 4.79 Å². The molecule has 6 nitrogen and oxygen atoms in total. The van der Waals surface area contributed by atoms with Crippen LogP contribution in [0.15, 0.2) is 29.6 Å². The van der Waals surface area contributed by atoms with E-state index in [9.17, 15) is 19.1 Å². The Morgan fingerprint density at radius 3 is 2.61 bits per heavy atom. The van der Waals surface area contributed by atoms with Crippen LogP contribution < -0.4 is 5.32 Å². The molecule has 0 aliphatic carbocycles. The number of aliphatic carboxylic acids is 1. The van der Waals surface area contributed by atoms with Gasteiger partial charge >= 0.3 is 5.97 Å². The van der Waals surface area contributed by atoms with Gasteiger partial charge in [0.05, 0.1) is 18.7 Å². The molecule has 0 aliphatic heterocycles. The molecule has 1 amide bonds. The number of carbonyl (C=O) groups excluding carboxylic acids is 1. The zero-order chi connectivity index (χ0) is 17.0. The smallest absolute Gasteiger partial charge is 0.337 e. The number of nitrogens with zero attached hydrogens (tertiary/aromatic N) is 1. The molecule has 3 N–H and O–H groups in total. The summed E-state index contributed by atoms with van der Waals surface area (Å²) in [6, 6.07) is 5.85. The summed E-state index contributed by atoms with van der Waals surface area (Å²) in [5, 5.41) is 22.9. The lowest BCUT2D eigenvalue weighted by atomic mass is 10.1. The molecule has 23 heavy (non-hydrogen) atoms. The lowest BCUT2D eigenvalue weighted by Gasteiger charge is -2.17. The summed E-state index contributed by atoms with van der Waals surface area (Å²) in [4.78, 5) is 26.8. The molecule has 1 atom stereocenters. The molecule has 1 aromatic carbocycles. The van der Waals surface area contributed by atoms with Crippen molar-refractivity contribution in [3.63, 3.8) is 0 Å². The number of rotatable bonds is 6. The third-order valence-corrected chi connectivity index (χ3v) is 3.94. The van der Waals surface area contributed by atoms with Crippen LogP contribution in [0.1, 0.15) is 11.9 Å². The first kappa shape index (κ1) is 17.0. The van der Waals surface area contributed by atoms with E-state index < -0.39 is 24.0 Å². The third kappa shape index (κ3) is 4.57. The number of benzene rings is 1. The van der Waals surface area contributed by atoms with Gasteiger partial charge < -0.3 is 15.5 Å². The van der Waals surface area contributed by atoms with Crippen molar-refractivity contribution in [3.05, 3.63) is 40.5 Å². The van der Waals surface area contributed by atoms with Crippen LogP contribution in [-0.2, 0) is 16.0 Å². The summed E-state index contributed by atoms with van der Waals surface area (Å²) in [6.45, 7) is 0.711. The average Bonchev–Trinajstić information content (AvgIpc) is 2.94. The van der Waals surface area contributed by atoms with E-state index in [4.69, 9.17) is 5.11 Å². The first-order valence-corrected chi connectivity index (χ1v) is 7.59. The fourth-order valence-electron chi connectivity index (χ4n) is 1.69. The highest BCUT2D eigenvalue weighted by Gasteiger charge is 2.30. The Labute approximate surface area is 135 Å². The highest BCUT2D eigenvalue weighted by molar-refractivity contribution is 7.10. The van der Waals surface area contributed by atoms with Crippen molar-refractivity contribution in [2.75, 3.05) is 6.54 Å². The minimum absolute atomic E-state index is 0.0262. The molecule has 0 bridgehead atoms. The quantitative estimate of drug-likeness (QED) is 0.740. The number of aliphatic hydroxyl groups is 1. The number of aromatic nitrogens is 1. The molecule has 0 radical (unpaired) electrons. The number of halogens is 1. The molecule has 0 fully saturated rings. The predicted octanol–water partition coefficient (Wildman–Crippen LogP) is 1.44. The number of amides is 1. The van der Waals surface area contributed by atoms with Crippen molar-refractivity contribution in [2.24, 2.45) is 0 Å². The van der Waals surface area contributed by atoms with Crippen LogP contribution in [0.3, 0.4) is 0 Å². The Hall–Kier alpha value is -2.32. The standard InChI is InChI=1S/C15H15FN2O4S/c1-15(22,14(20)21)8-17-12(19)6-13-18-11(7-23-13)9-2-4-10(16)5-3-9/h2-5,7,22H,6,8H2,1H3,(H,17,19)(H,20,21). The Kier molecular flexibility index (Phi) is 5.07. The lowest BCUT2D eigenvalue weighted by Crippen LogP contribution is -2.46. The first-order valence-electron chi connectivity index (χ1n) is 6.71. The maximum Gasteiger partial charge on any atom is 0.337 e. The summed E-state index contributed by atoms with van der Waals surface area (Å²) in [6.07, 6.45) is -0.0262. The number of thiazole rings is 1. The van der Waals surface area contributed by atoms with Gasteiger partial charge in [-0.2, -0.15) is 0 Å². The number of carbonyl (C=O) groups is 2. The molecule has 2 rings (SSSR count). The van der Waals surface area contributed by atoms with E-state index in [1.54, 1.807) is 17.5 Å². The van der Waals surface area contributed by atoms with Crippen LogP contribution in [0.5, 0.6) is 0 Å². The van der Waals surface area contributed by atoms with Gasteiger partial charge in [-0.25, -0.2) is 14.2 Å². The maximum absolute atomic E-state index is 12.9. The van der Waals surface area contributed by atoms with Crippen molar-refractivity contribution in [1.29, 1.82) is 0 Å². The molecule has 2 aromatic rings. The van der Waals surface area contributed by atoms with Gasteiger partial charge in [-0.1, -0.05) is 0 Å². The number of carboxylic acid groups (broad SMARTS) is 1. The Morgan fingerprint density at radius 2 is 2.00 bits per heavy atom. The molecule has 0 aliphatic rings. The topological polar surface area (TPSA) is 99.5 Å². The second kappa shape index (κ2) is 6.84. The van der Waals surface area contributed by atoms with Gasteiger partial charge in [0.1, 0.15) is 10.8 Å². The normalized spacial score (nSPS) is 13.3. The molecule has 0 saturated carbocycles. The first-order chi connectivity index (χ1) is 10.8. The Morgan fingerprint density at radius 1 is 1.35 bits per heavy atom. The Bertz CT molecular complexity index is 713. The van der Waals surface area contributed by atoms with E-state index in [0.29, 0.717) is 10.7 Å². The van der Waals surface area contributed by atoms with Crippen LogP contribution >= 0.6 is 11.3 Å². The molecular formula is C15H15FN2O4S. The molecule has 1 unspecified atom stereocenters. The highest BCUT2D eigenvalue weighted by atomic mass is 32.1. The third-order valence-electron chi connectivity index (χ3n) is 3.09. The number of hydrogen-bond acceptors (Lipinski definition) is 5. The zero-order valence-corrected chi connectivity index (χ0v) is 13.1. The van der Waals surface area contributed by atoms with E-state index in [2.05, 4.69) is 10.3 Å². The Balaban J connectivity index is 1.95. The number of nitrogens with one attached hydrogen (secondary N) is 1. The number of carboxylic acids is 1. The van der Waals surface area contributed by atoms with E-state index in [1.807, 2.05) is 0 Å². The second-order valence-corrected chi connectivity index (χ2v) is 6.11. The summed E-state index contributed by atoms with van der Waals surface area (Å²) in [5.74, 6) is -2.19. The molecule has 1 aromatic heterocycles. The van der Waals surface area contributed by atoms with Gasteiger partial charge in [0.15, 0.2) is 5.60 Å². The summed E-state index contributed by atoms with van der Waals surface area (Å²) in [5.41, 5.74) is -0.642. The molecular weight excluding hydrogens is 323 g/mol. The fourth-order valence-corrected chi connectivity index (χ4v) is 2.49. The lowest BCUT2D eigenvalue weighted by molar-refractivity contribution is -0.156. The predicted molar refractivity (Wildman–Crippen MR) is 82.5 cm³/mol. The van der Waals surface area contributed by atoms with Gasteiger partial charge in [0.25, 0.3) is 0 Å². The van der Waals surface area contributed by atoms with Crippen molar-refractivity contribution in [2.45, 2.75) is 18.9 Å². The van der Waals surface area contributed by atoms with E-state index in [1.165, 1.54) is 23.5 Å². The van der Waals surface area contributed by atoms with Crippen LogP contribution in [0, 0.1) is 5.82 Å². The van der Waals surface area contributed by atoms with Crippen LogP contribution in [0.25, 0.3) is 11.3 Å². The van der Waals surface area contributed by atoms with Crippen molar-refractivity contribution in [3.8, 4) is 11.3 Å². The molecule has 0 saturated heterocycles. The minimum atomic E-state index is -2.02. The number of hydrogen-bond donors (Lipinski definition) is 3. The second-order valence-electron chi connectivity index (χ2n) is 5.17. The van der Waals surface area contributed by atoms with E-state index in [-0.39, 0.29) is 12.2 Å². The van der Waals surface area contributed by atoms with Crippen molar-refractivity contribution >= 4 is 23.2 Å². The minimum Gasteiger partial charge on any atom is -0.479 e. The highest BCUT2D eigenvalue weighted by Crippen LogP contribution is 2.22. The summed E-state index contributed by atoms with van der Waals surface area (Å²) < 4.78 is 12.9. The van der Waals surface area contributed by atoms with E-state index in [0.717, 1.165) is 12.5 Å². The molecule has 0 spiro atoms. The van der Waals surface area contributed by atoms with Gasteiger partial charge in [0, 0.05) is 10.9 Å². The molecule has 1 heterocycles. The fraction of sp³-hybridized carbons (Fsp3) is 0.267. The summed E-state index contributed by atoms with van der Waals surface area (Å²) in [7, 11) is 0. The van der Waals surface area contributed by atoms with Crippen LogP contribution in [-0.4, -0.2) is 39.2 Å². The monoisotopic (exact) mass is 338 g/mol. The maximum atomic E-state index is 12.9.